The molecule has 0 aliphatic heterocycles. The van der Waals surface area contributed by atoms with Crippen molar-refractivity contribution in [1.29, 1.82) is 0 Å². The van der Waals surface area contributed by atoms with E-state index in [1.165, 1.54) is 0 Å². The molecule has 2 rings (SSSR count). The number of ether oxygens (including phenoxy) is 3. The van der Waals surface area contributed by atoms with Gasteiger partial charge >= 0.3 is 5.97 Å². The van der Waals surface area contributed by atoms with Crippen molar-refractivity contribution in [3.05, 3.63) is 54.1 Å². The van der Waals surface area contributed by atoms with E-state index in [0.717, 1.165) is 17.0 Å². The van der Waals surface area contributed by atoms with Gasteiger partial charge in [-0.2, -0.15) is 0 Å². The largest absolute Gasteiger partial charge is 0.497 e. The first-order chi connectivity index (χ1) is 11.9. The Hall–Kier alpha value is -2.40. The summed E-state index contributed by atoms with van der Waals surface area (Å²) in [5, 5.41) is 3.34. The molecule has 0 spiro atoms. The molecule has 26 heavy (non-hydrogen) atoms. The summed E-state index contributed by atoms with van der Waals surface area (Å²) in [5.41, 5.74) is 1.11. The van der Waals surface area contributed by atoms with Crippen molar-refractivity contribution in [2.24, 2.45) is 0 Å². The standard InChI is InChI=1S/C20H25NO4.ClH/c1-5-24-19(22)20(2,3)25-18-10-6-15(7-11-18)14-21-16-8-12-17(23-4)13-9-16;/h6-13,21H,5,14H2,1-4H3;1H. The SMILES string of the molecule is CCOC(=O)C(C)(C)Oc1ccc(CNc2ccc(OC)cc2)cc1.Cl. The predicted molar refractivity (Wildman–Crippen MR) is 105 cm³/mol. The summed E-state index contributed by atoms with van der Waals surface area (Å²) in [5.74, 6) is 1.09. The third kappa shape index (κ3) is 6.15. The molecule has 0 bridgehead atoms. The number of hydrogen-bond acceptors (Lipinski definition) is 5. The third-order valence-electron chi connectivity index (χ3n) is 3.65. The lowest BCUT2D eigenvalue weighted by molar-refractivity contribution is -0.158. The van der Waals surface area contributed by atoms with Gasteiger partial charge in [-0.25, -0.2) is 4.79 Å². The number of rotatable bonds is 8. The molecule has 0 aliphatic rings. The Balaban J connectivity index is 0.00000338. The van der Waals surface area contributed by atoms with Gasteiger partial charge in [-0.1, -0.05) is 12.1 Å². The third-order valence-corrected chi connectivity index (χ3v) is 3.65. The number of nitrogens with one attached hydrogen (secondary N) is 1. The van der Waals surface area contributed by atoms with E-state index in [2.05, 4.69) is 5.32 Å². The summed E-state index contributed by atoms with van der Waals surface area (Å²) >= 11 is 0. The molecule has 0 aliphatic carbocycles. The van der Waals surface area contributed by atoms with Crippen molar-refractivity contribution >= 4 is 24.1 Å². The van der Waals surface area contributed by atoms with Crippen LogP contribution in [0, 0.1) is 0 Å². The van der Waals surface area contributed by atoms with E-state index in [-0.39, 0.29) is 18.4 Å². The van der Waals surface area contributed by atoms with Crippen molar-refractivity contribution in [2.45, 2.75) is 32.9 Å². The van der Waals surface area contributed by atoms with Gasteiger partial charge in [-0.05, 0) is 62.7 Å². The molecule has 2 aromatic rings. The topological polar surface area (TPSA) is 56.8 Å². The van der Waals surface area contributed by atoms with Crippen LogP contribution in [0.1, 0.15) is 26.3 Å². The minimum atomic E-state index is -1.02. The zero-order valence-corrected chi connectivity index (χ0v) is 16.4. The van der Waals surface area contributed by atoms with Crippen LogP contribution in [0.15, 0.2) is 48.5 Å². The Morgan fingerprint density at radius 3 is 2.12 bits per heavy atom. The maximum Gasteiger partial charge on any atom is 0.349 e. The maximum atomic E-state index is 11.9. The van der Waals surface area contributed by atoms with Crippen LogP contribution in [-0.4, -0.2) is 25.3 Å². The van der Waals surface area contributed by atoms with Crippen LogP contribution in [0.5, 0.6) is 11.5 Å². The summed E-state index contributed by atoms with van der Waals surface area (Å²) in [6.07, 6.45) is 0. The number of carbonyl (C=O) groups is 1. The van der Waals surface area contributed by atoms with Crippen LogP contribution in [0.2, 0.25) is 0 Å². The van der Waals surface area contributed by atoms with E-state index in [0.29, 0.717) is 18.9 Å². The molecule has 2 aromatic carbocycles. The molecule has 0 radical (unpaired) electrons. The second kappa shape index (κ2) is 9.92. The van der Waals surface area contributed by atoms with Crippen molar-refractivity contribution < 1.29 is 19.0 Å². The Morgan fingerprint density at radius 2 is 1.58 bits per heavy atom. The van der Waals surface area contributed by atoms with E-state index >= 15 is 0 Å². The normalized spacial score (nSPS) is 10.5. The number of methoxy groups -OCH3 is 1. The Kier molecular flexibility index (Phi) is 8.26. The van der Waals surface area contributed by atoms with Crippen LogP contribution in [-0.2, 0) is 16.1 Å². The van der Waals surface area contributed by atoms with Gasteiger partial charge < -0.3 is 19.5 Å². The average Bonchev–Trinajstić information content (AvgIpc) is 2.61. The van der Waals surface area contributed by atoms with Gasteiger partial charge in [0.15, 0.2) is 5.60 Å². The predicted octanol–water partition coefficient (Wildman–Crippen LogP) is 4.45. The molecular formula is C20H26ClNO4. The lowest BCUT2D eigenvalue weighted by Crippen LogP contribution is -2.39. The molecule has 0 fully saturated rings. The molecule has 0 saturated heterocycles. The fraction of sp³-hybridized carbons (Fsp3) is 0.350. The lowest BCUT2D eigenvalue weighted by atomic mass is 10.1. The fourth-order valence-corrected chi connectivity index (χ4v) is 2.23. The Bertz CT molecular complexity index is 684. The number of halogens is 1. The molecule has 6 heteroatoms. The number of hydrogen-bond donors (Lipinski definition) is 1. The Morgan fingerprint density at radius 1 is 1.00 bits per heavy atom. The molecule has 0 aromatic heterocycles. The molecule has 0 unspecified atom stereocenters. The smallest absolute Gasteiger partial charge is 0.349 e. The summed E-state index contributed by atoms with van der Waals surface area (Å²) in [4.78, 5) is 11.9. The van der Waals surface area contributed by atoms with Crippen molar-refractivity contribution in [2.75, 3.05) is 19.0 Å². The number of carbonyl (C=O) groups excluding carboxylic acids is 1. The van der Waals surface area contributed by atoms with E-state index in [1.54, 1.807) is 27.9 Å². The van der Waals surface area contributed by atoms with Gasteiger partial charge in [-0.15, -0.1) is 12.4 Å². The van der Waals surface area contributed by atoms with Gasteiger partial charge in [0.05, 0.1) is 13.7 Å². The highest BCUT2D eigenvalue weighted by molar-refractivity contribution is 5.85. The first-order valence-electron chi connectivity index (χ1n) is 8.27. The van der Waals surface area contributed by atoms with Crippen molar-refractivity contribution in [3.63, 3.8) is 0 Å². The molecule has 5 nitrogen and oxygen atoms in total. The summed E-state index contributed by atoms with van der Waals surface area (Å²) in [6, 6.07) is 15.4. The summed E-state index contributed by atoms with van der Waals surface area (Å²) in [7, 11) is 1.65. The van der Waals surface area contributed by atoms with Crippen LogP contribution in [0.25, 0.3) is 0 Å². The van der Waals surface area contributed by atoms with E-state index in [9.17, 15) is 4.79 Å². The van der Waals surface area contributed by atoms with E-state index in [1.807, 2.05) is 48.5 Å². The minimum Gasteiger partial charge on any atom is -0.497 e. The quantitative estimate of drug-likeness (QED) is 0.687. The van der Waals surface area contributed by atoms with Crippen LogP contribution in [0.4, 0.5) is 5.69 Å². The van der Waals surface area contributed by atoms with Gasteiger partial charge in [0.1, 0.15) is 11.5 Å². The second-order valence-corrected chi connectivity index (χ2v) is 6.06. The van der Waals surface area contributed by atoms with Crippen LogP contribution >= 0.6 is 12.4 Å². The Labute approximate surface area is 161 Å². The molecule has 142 valence electrons. The number of esters is 1. The lowest BCUT2D eigenvalue weighted by Gasteiger charge is -2.24. The van der Waals surface area contributed by atoms with Gasteiger partial charge in [0.25, 0.3) is 0 Å². The van der Waals surface area contributed by atoms with E-state index < -0.39 is 5.60 Å². The highest BCUT2D eigenvalue weighted by Crippen LogP contribution is 2.21. The van der Waals surface area contributed by atoms with Crippen molar-refractivity contribution in [1.82, 2.24) is 0 Å². The highest BCUT2D eigenvalue weighted by atomic mass is 35.5. The highest BCUT2D eigenvalue weighted by Gasteiger charge is 2.31. The first-order valence-corrected chi connectivity index (χ1v) is 8.27. The minimum absolute atomic E-state index is 0. The van der Waals surface area contributed by atoms with Crippen LogP contribution in [0.3, 0.4) is 0 Å². The number of benzene rings is 2. The molecule has 1 N–H and O–H groups in total. The molecule has 0 heterocycles. The van der Waals surface area contributed by atoms with E-state index in [4.69, 9.17) is 14.2 Å². The zero-order valence-electron chi connectivity index (χ0n) is 15.6. The first kappa shape index (κ1) is 21.6. The molecule has 0 amide bonds. The molecule has 0 saturated carbocycles. The van der Waals surface area contributed by atoms with Gasteiger partial charge in [-0.3, -0.25) is 0 Å². The molecular weight excluding hydrogens is 354 g/mol. The number of anilines is 1. The van der Waals surface area contributed by atoms with Crippen LogP contribution < -0.4 is 14.8 Å². The molecule has 0 atom stereocenters. The van der Waals surface area contributed by atoms with Crippen molar-refractivity contribution in [3.8, 4) is 11.5 Å². The maximum absolute atomic E-state index is 11.9. The summed E-state index contributed by atoms with van der Waals surface area (Å²) < 4.78 is 15.9. The monoisotopic (exact) mass is 379 g/mol. The zero-order chi connectivity index (χ0) is 18.3. The average molecular weight is 380 g/mol. The second-order valence-electron chi connectivity index (χ2n) is 6.06. The summed E-state index contributed by atoms with van der Waals surface area (Å²) in [6.45, 7) is 6.20. The van der Waals surface area contributed by atoms with Gasteiger partial charge in [0.2, 0.25) is 0 Å². The fourth-order valence-electron chi connectivity index (χ4n) is 2.23. The van der Waals surface area contributed by atoms with Gasteiger partial charge in [0, 0.05) is 12.2 Å².